The highest BCUT2D eigenvalue weighted by Gasteiger charge is 2.20. The summed E-state index contributed by atoms with van der Waals surface area (Å²) in [5.74, 6) is 0.283. The molecule has 0 bridgehead atoms. The molecular weight excluding hydrogens is 198 g/mol. The van der Waals surface area contributed by atoms with E-state index in [-0.39, 0.29) is 11.2 Å². The quantitative estimate of drug-likeness (QED) is 0.805. The van der Waals surface area contributed by atoms with Crippen molar-refractivity contribution in [3.8, 4) is 5.75 Å². The van der Waals surface area contributed by atoms with E-state index in [2.05, 4.69) is 20.8 Å². The van der Waals surface area contributed by atoms with Crippen molar-refractivity contribution >= 4 is 0 Å². The molecule has 1 rings (SSSR count). The summed E-state index contributed by atoms with van der Waals surface area (Å²) in [5, 5.41) is 9.79. The zero-order valence-corrected chi connectivity index (χ0v) is 11.0. The second kappa shape index (κ2) is 4.10. The van der Waals surface area contributed by atoms with Gasteiger partial charge in [-0.25, -0.2) is 0 Å². The molecule has 2 nitrogen and oxygen atoms in total. The van der Waals surface area contributed by atoms with Crippen LogP contribution in [0.2, 0.25) is 0 Å². The number of phenolic OH excluding ortho intramolecular Hbond substituents is 1. The third kappa shape index (κ3) is 3.53. The standard InChI is InChI=1S/C14H23NO/c1-13(2,3)9-10-6-7-12(16)11(8-10)14(4,5)15/h6-8,16H,9,15H2,1-5H3. The number of phenols is 1. The summed E-state index contributed by atoms with van der Waals surface area (Å²) in [6.07, 6.45) is 0.982. The lowest BCUT2D eigenvalue weighted by Crippen LogP contribution is -2.29. The second-order valence-electron chi connectivity index (χ2n) is 6.31. The molecule has 3 N–H and O–H groups in total. The minimum atomic E-state index is -0.502. The predicted octanol–water partition coefficient (Wildman–Crippen LogP) is 3.17. The van der Waals surface area contributed by atoms with Crippen LogP contribution in [0.3, 0.4) is 0 Å². The van der Waals surface area contributed by atoms with Crippen molar-refractivity contribution in [2.45, 2.75) is 46.6 Å². The summed E-state index contributed by atoms with van der Waals surface area (Å²) in [5.41, 5.74) is 7.81. The Bertz CT molecular complexity index is 369. The van der Waals surface area contributed by atoms with Gasteiger partial charge < -0.3 is 10.8 Å². The van der Waals surface area contributed by atoms with E-state index >= 15 is 0 Å². The molecule has 0 saturated carbocycles. The summed E-state index contributed by atoms with van der Waals surface area (Å²) in [6, 6.07) is 5.72. The minimum absolute atomic E-state index is 0.243. The van der Waals surface area contributed by atoms with Crippen molar-refractivity contribution in [1.29, 1.82) is 0 Å². The van der Waals surface area contributed by atoms with Crippen molar-refractivity contribution in [2.75, 3.05) is 0 Å². The summed E-state index contributed by atoms with van der Waals surface area (Å²) in [7, 11) is 0. The average Bonchev–Trinajstić information content (AvgIpc) is 2.04. The Morgan fingerprint density at radius 1 is 1.12 bits per heavy atom. The Morgan fingerprint density at radius 2 is 1.69 bits per heavy atom. The van der Waals surface area contributed by atoms with E-state index in [1.807, 2.05) is 26.0 Å². The van der Waals surface area contributed by atoms with Crippen molar-refractivity contribution < 1.29 is 5.11 Å². The number of hydrogen-bond acceptors (Lipinski definition) is 2. The van der Waals surface area contributed by atoms with Gasteiger partial charge in [-0.15, -0.1) is 0 Å². The van der Waals surface area contributed by atoms with Crippen molar-refractivity contribution in [3.05, 3.63) is 29.3 Å². The fourth-order valence-electron chi connectivity index (χ4n) is 1.82. The van der Waals surface area contributed by atoms with E-state index in [0.29, 0.717) is 0 Å². The van der Waals surface area contributed by atoms with Crippen molar-refractivity contribution in [2.24, 2.45) is 11.1 Å². The summed E-state index contributed by atoms with van der Waals surface area (Å²) >= 11 is 0. The van der Waals surface area contributed by atoms with Gasteiger partial charge in [-0.3, -0.25) is 0 Å². The van der Waals surface area contributed by atoms with Gasteiger partial charge in [-0.05, 0) is 37.3 Å². The van der Waals surface area contributed by atoms with Gasteiger partial charge in [0.1, 0.15) is 5.75 Å². The molecule has 1 aromatic rings. The maximum absolute atomic E-state index is 9.79. The normalized spacial score (nSPS) is 12.9. The van der Waals surface area contributed by atoms with E-state index in [9.17, 15) is 5.11 Å². The van der Waals surface area contributed by atoms with Crippen LogP contribution in [0.4, 0.5) is 0 Å². The first-order valence-electron chi connectivity index (χ1n) is 5.71. The molecule has 0 aliphatic rings. The van der Waals surface area contributed by atoms with Crippen molar-refractivity contribution in [1.82, 2.24) is 0 Å². The topological polar surface area (TPSA) is 46.2 Å². The molecule has 0 heterocycles. The molecule has 2 heteroatoms. The third-order valence-corrected chi connectivity index (χ3v) is 2.49. The van der Waals surface area contributed by atoms with Gasteiger partial charge in [0.25, 0.3) is 0 Å². The predicted molar refractivity (Wildman–Crippen MR) is 68.5 cm³/mol. The molecule has 0 spiro atoms. The minimum Gasteiger partial charge on any atom is -0.508 e. The first kappa shape index (κ1) is 13.0. The molecule has 1 aromatic carbocycles. The lowest BCUT2D eigenvalue weighted by molar-refractivity contribution is 0.407. The lowest BCUT2D eigenvalue weighted by Gasteiger charge is -2.23. The monoisotopic (exact) mass is 221 g/mol. The molecule has 0 atom stereocenters. The maximum atomic E-state index is 9.79. The molecule has 90 valence electrons. The number of aromatic hydroxyl groups is 1. The van der Waals surface area contributed by atoms with Crippen LogP contribution in [-0.4, -0.2) is 5.11 Å². The van der Waals surface area contributed by atoms with Gasteiger partial charge in [0.15, 0.2) is 0 Å². The largest absolute Gasteiger partial charge is 0.508 e. The molecule has 0 unspecified atom stereocenters. The van der Waals surface area contributed by atoms with E-state index in [1.165, 1.54) is 5.56 Å². The van der Waals surface area contributed by atoms with Crippen LogP contribution < -0.4 is 5.73 Å². The van der Waals surface area contributed by atoms with E-state index in [4.69, 9.17) is 5.73 Å². The van der Waals surface area contributed by atoms with E-state index in [1.54, 1.807) is 6.07 Å². The first-order chi connectivity index (χ1) is 7.09. The first-order valence-corrected chi connectivity index (χ1v) is 5.71. The van der Waals surface area contributed by atoms with Gasteiger partial charge >= 0.3 is 0 Å². The van der Waals surface area contributed by atoms with Gasteiger partial charge in [-0.1, -0.05) is 32.9 Å². The Labute approximate surface area is 98.5 Å². The Morgan fingerprint density at radius 3 is 2.12 bits per heavy atom. The molecule has 0 fully saturated rings. The van der Waals surface area contributed by atoms with Crippen LogP contribution in [0.1, 0.15) is 45.7 Å². The molecule has 0 amide bonds. The molecule has 16 heavy (non-hydrogen) atoms. The summed E-state index contributed by atoms with van der Waals surface area (Å²) < 4.78 is 0. The molecule has 0 radical (unpaired) electrons. The maximum Gasteiger partial charge on any atom is 0.120 e. The third-order valence-electron chi connectivity index (χ3n) is 2.49. The van der Waals surface area contributed by atoms with Crippen LogP contribution in [0.5, 0.6) is 5.75 Å². The highest BCUT2D eigenvalue weighted by Crippen LogP contribution is 2.30. The average molecular weight is 221 g/mol. The zero-order valence-electron chi connectivity index (χ0n) is 11.0. The second-order valence-corrected chi connectivity index (χ2v) is 6.31. The lowest BCUT2D eigenvalue weighted by atomic mass is 9.85. The van der Waals surface area contributed by atoms with Gasteiger partial charge in [-0.2, -0.15) is 0 Å². The number of benzene rings is 1. The van der Waals surface area contributed by atoms with E-state index < -0.39 is 5.54 Å². The van der Waals surface area contributed by atoms with Crippen LogP contribution in [-0.2, 0) is 12.0 Å². The summed E-state index contributed by atoms with van der Waals surface area (Å²) in [6.45, 7) is 10.4. The zero-order chi connectivity index (χ0) is 12.6. The molecule has 0 aliphatic carbocycles. The molecule has 0 saturated heterocycles. The van der Waals surface area contributed by atoms with Crippen LogP contribution >= 0.6 is 0 Å². The Balaban J connectivity index is 3.09. The Hall–Kier alpha value is -1.02. The van der Waals surface area contributed by atoms with Crippen LogP contribution in [0, 0.1) is 5.41 Å². The van der Waals surface area contributed by atoms with Gasteiger partial charge in [0.05, 0.1) is 0 Å². The smallest absolute Gasteiger partial charge is 0.120 e. The fraction of sp³-hybridized carbons (Fsp3) is 0.571. The highest BCUT2D eigenvalue weighted by atomic mass is 16.3. The highest BCUT2D eigenvalue weighted by molar-refractivity contribution is 5.40. The van der Waals surface area contributed by atoms with Crippen LogP contribution in [0.15, 0.2) is 18.2 Å². The molecular formula is C14H23NO. The molecule has 0 aromatic heterocycles. The molecule has 0 aliphatic heterocycles. The number of nitrogens with two attached hydrogens (primary N) is 1. The van der Waals surface area contributed by atoms with Gasteiger partial charge in [0.2, 0.25) is 0 Å². The fourth-order valence-corrected chi connectivity index (χ4v) is 1.82. The van der Waals surface area contributed by atoms with Gasteiger partial charge in [0, 0.05) is 11.1 Å². The number of hydrogen-bond donors (Lipinski definition) is 2. The number of rotatable bonds is 2. The van der Waals surface area contributed by atoms with Crippen molar-refractivity contribution in [3.63, 3.8) is 0 Å². The summed E-state index contributed by atoms with van der Waals surface area (Å²) in [4.78, 5) is 0. The SMILES string of the molecule is CC(C)(C)Cc1ccc(O)c(C(C)(C)N)c1. The Kier molecular flexibility index (Phi) is 3.34. The van der Waals surface area contributed by atoms with E-state index in [0.717, 1.165) is 12.0 Å². The van der Waals surface area contributed by atoms with Crippen LogP contribution in [0.25, 0.3) is 0 Å².